The second-order valence-corrected chi connectivity index (χ2v) is 8.80. The van der Waals surface area contributed by atoms with Gasteiger partial charge in [-0.15, -0.1) is 11.3 Å². The normalized spacial score (nSPS) is 14.9. The number of hydrogen-bond acceptors (Lipinski definition) is 7. The molecule has 0 radical (unpaired) electrons. The van der Waals surface area contributed by atoms with Crippen LogP contribution in [0, 0.1) is 0 Å². The van der Waals surface area contributed by atoms with Gasteiger partial charge in [0.2, 0.25) is 5.91 Å². The molecule has 2 amide bonds. The Morgan fingerprint density at radius 2 is 2.03 bits per heavy atom. The number of nitrogens with zero attached hydrogens (tertiary/aromatic N) is 2. The highest BCUT2D eigenvalue weighted by Gasteiger charge is 2.33. The zero-order valence-electron chi connectivity index (χ0n) is 19.6. The van der Waals surface area contributed by atoms with Crippen molar-refractivity contribution in [3.05, 3.63) is 46.8 Å². The summed E-state index contributed by atoms with van der Waals surface area (Å²) in [6.45, 7) is 3.62. The number of nitrogens with one attached hydrogen (secondary N) is 1. The van der Waals surface area contributed by atoms with E-state index in [1.807, 2.05) is 23.6 Å². The summed E-state index contributed by atoms with van der Waals surface area (Å²) >= 11 is 1.62. The summed E-state index contributed by atoms with van der Waals surface area (Å²) < 4.78 is 16.4. The molecule has 0 spiro atoms. The summed E-state index contributed by atoms with van der Waals surface area (Å²) in [5, 5.41) is 5.90. The van der Waals surface area contributed by atoms with Crippen molar-refractivity contribution in [3.63, 3.8) is 0 Å². The molecule has 0 saturated carbocycles. The Morgan fingerprint density at radius 3 is 2.76 bits per heavy atom. The number of methoxy groups -OCH3 is 2. The Labute approximate surface area is 202 Å². The van der Waals surface area contributed by atoms with E-state index in [4.69, 9.17) is 19.2 Å². The SMILES string of the molecule is CCCc1nc(-c2ccc3c(c2)N(CC(=O)Nc2ccc(OC)cc2OC)C(=O)C(C)O3)cs1. The van der Waals surface area contributed by atoms with Crippen molar-refractivity contribution in [2.45, 2.75) is 32.8 Å². The van der Waals surface area contributed by atoms with Crippen molar-refractivity contribution in [1.82, 2.24) is 4.98 Å². The minimum atomic E-state index is -0.697. The van der Waals surface area contributed by atoms with Gasteiger partial charge in [-0.1, -0.05) is 6.92 Å². The number of ether oxygens (including phenoxy) is 3. The maximum Gasteiger partial charge on any atom is 0.268 e. The fraction of sp³-hybridized carbons (Fsp3) is 0.320. The highest BCUT2D eigenvalue weighted by Crippen LogP contribution is 2.38. The van der Waals surface area contributed by atoms with E-state index in [0.717, 1.165) is 29.1 Å². The van der Waals surface area contributed by atoms with Gasteiger partial charge in [-0.3, -0.25) is 14.5 Å². The molecule has 0 aliphatic carbocycles. The maximum atomic E-state index is 13.0. The highest BCUT2D eigenvalue weighted by molar-refractivity contribution is 7.09. The van der Waals surface area contributed by atoms with Gasteiger partial charge in [-0.2, -0.15) is 0 Å². The molecule has 2 aromatic carbocycles. The number of fused-ring (bicyclic) bond motifs is 1. The topological polar surface area (TPSA) is 90.0 Å². The lowest BCUT2D eigenvalue weighted by Gasteiger charge is -2.33. The summed E-state index contributed by atoms with van der Waals surface area (Å²) in [6.07, 6.45) is 1.26. The molecule has 0 saturated heterocycles. The maximum absolute atomic E-state index is 13.0. The first-order chi connectivity index (χ1) is 16.4. The van der Waals surface area contributed by atoms with E-state index in [1.165, 1.54) is 12.0 Å². The van der Waals surface area contributed by atoms with Crippen LogP contribution >= 0.6 is 11.3 Å². The summed E-state index contributed by atoms with van der Waals surface area (Å²) in [5.41, 5.74) is 2.74. The van der Waals surface area contributed by atoms with E-state index in [-0.39, 0.29) is 18.4 Å². The van der Waals surface area contributed by atoms with Gasteiger partial charge in [0, 0.05) is 17.0 Å². The fourth-order valence-electron chi connectivity index (χ4n) is 3.74. The number of carbonyl (C=O) groups is 2. The highest BCUT2D eigenvalue weighted by atomic mass is 32.1. The first kappa shape index (κ1) is 23.6. The van der Waals surface area contributed by atoms with Gasteiger partial charge in [-0.05, 0) is 50.1 Å². The molecule has 1 atom stereocenters. The van der Waals surface area contributed by atoms with Crippen molar-refractivity contribution >= 4 is 34.5 Å². The van der Waals surface area contributed by atoms with E-state index in [2.05, 4.69) is 12.2 Å². The molecule has 178 valence electrons. The zero-order valence-corrected chi connectivity index (χ0v) is 20.4. The number of anilines is 2. The van der Waals surface area contributed by atoms with Crippen LogP contribution in [0.5, 0.6) is 17.2 Å². The smallest absolute Gasteiger partial charge is 0.268 e. The molecule has 8 nitrogen and oxygen atoms in total. The largest absolute Gasteiger partial charge is 0.497 e. The Bertz CT molecular complexity index is 1210. The number of benzene rings is 2. The van der Waals surface area contributed by atoms with Crippen LogP contribution < -0.4 is 24.4 Å². The average Bonchev–Trinajstić information content (AvgIpc) is 3.31. The zero-order chi connectivity index (χ0) is 24.2. The summed E-state index contributed by atoms with van der Waals surface area (Å²) in [4.78, 5) is 32.1. The third kappa shape index (κ3) is 4.84. The number of aryl methyl sites for hydroxylation is 1. The Hall–Kier alpha value is -3.59. The number of rotatable bonds is 8. The predicted molar refractivity (Wildman–Crippen MR) is 132 cm³/mol. The van der Waals surface area contributed by atoms with E-state index in [1.54, 1.807) is 43.6 Å². The molecule has 1 aliphatic heterocycles. The lowest BCUT2D eigenvalue weighted by atomic mass is 10.1. The minimum Gasteiger partial charge on any atom is -0.497 e. The van der Waals surface area contributed by atoms with Crippen LogP contribution in [0.25, 0.3) is 11.3 Å². The Balaban J connectivity index is 1.59. The predicted octanol–water partition coefficient (Wildman–Crippen LogP) is 4.53. The van der Waals surface area contributed by atoms with E-state index < -0.39 is 6.10 Å². The molecule has 1 aromatic heterocycles. The third-order valence-electron chi connectivity index (χ3n) is 5.46. The Morgan fingerprint density at radius 1 is 1.21 bits per heavy atom. The van der Waals surface area contributed by atoms with Gasteiger partial charge < -0.3 is 19.5 Å². The molecule has 4 rings (SSSR count). The van der Waals surface area contributed by atoms with Crippen molar-refractivity contribution in [2.24, 2.45) is 0 Å². The standard InChI is InChI=1S/C25H27N3O5S/c1-5-6-24-27-19(14-34-24)16-7-10-21-20(11-16)28(25(30)15(2)33-21)13-23(29)26-18-9-8-17(31-3)12-22(18)32-4/h7-12,14-15H,5-6,13H2,1-4H3,(H,26,29). The second-order valence-electron chi connectivity index (χ2n) is 7.86. The van der Waals surface area contributed by atoms with Gasteiger partial charge in [0.15, 0.2) is 6.10 Å². The molecule has 34 heavy (non-hydrogen) atoms. The number of carbonyl (C=O) groups excluding carboxylic acids is 2. The van der Waals surface area contributed by atoms with Crippen molar-refractivity contribution in [2.75, 3.05) is 31.0 Å². The number of thiazole rings is 1. The van der Waals surface area contributed by atoms with Gasteiger partial charge in [-0.25, -0.2) is 4.98 Å². The van der Waals surface area contributed by atoms with Crippen LogP contribution in [0.1, 0.15) is 25.3 Å². The van der Waals surface area contributed by atoms with Crippen LogP contribution in [-0.4, -0.2) is 43.7 Å². The first-order valence-electron chi connectivity index (χ1n) is 11.0. The van der Waals surface area contributed by atoms with Gasteiger partial charge >= 0.3 is 0 Å². The fourth-order valence-corrected chi connectivity index (χ4v) is 4.65. The third-order valence-corrected chi connectivity index (χ3v) is 6.37. The van der Waals surface area contributed by atoms with Crippen molar-refractivity contribution in [1.29, 1.82) is 0 Å². The van der Waals surface area contributed by atoms with Crippen LogP contribution in [0.4, 0.5) is 11.4 Å². The second kappa shape index (κ2) is 10.1. The average molecular weight is 482 g/mol. The lowest BCUT2D eigenvalue weighted by Crippen LogP contribution is -2.47. The quantitative estimate of drug-likeness (QED) is 0.508. The van der Waals surface area contributed by atoms with Crippen molar-refractivity contribution in [3.8, 4) is 28.5 Å². The molecule has 9 heteroatoms. The molecule has 0 bridgehead atoms. The van der Waals surface area contributed by atoms with Crippen LogP contribution in [-0.2, 0) is 16.0 Å². The molecular formula is C25H27N3O5S. The van der Waals surface area contributed by atoms with Crippen LogP contribution in [0.3, 0.4) is 0 Å². The summed E-state index contributed by atoms with van der Waals surface area (Å²) in [7, 11) is 3.07. The molecule has 0 fully saturated rings. The summed E-state index contributed by atoms with van der Waals surface area (Å²) in [6, 6.07) is 10.7. The molecule has 1 aliphatic rings. The molecule has 1 unspecified atom stereocenters. The molecule has 2 heterocycles. The van der Waals surface area contributed by atoms with Gasteiger partial charge in [0.05, 0.1) is 36.3 Å². The number of amides is 2. The van der Waals surface area contributed by atoms with E-state index >= 15 is 0 Å². The van der Waals surface area contributed by atoms with E-state index in [0.29, 0.717) is 28.6 Å². The lowest BCUT2D eigenvalue weighted by molar-refractivity contribution is -0.127. The number of hydrogen-bond donors (Lipinski definition) is 1. The minimum absolute atomic E-state index is 0.170. The monoisotopic (exact) mass is 481 g/mol. The first-order valence-corrected chi connectivity index (χ1v) is 11.9. The summed E-state index contributed by atoms with van der Waals surface area (Å²) in [5.74, 6) is 0.975. The number of aromatic nitrogens is 1. The van der Waals surface area contributed by atoms with Crippen LogP contribution in [0.15, 0.2) is 41.8 Å². The Kier molecular flexibility index (Phi) is 7.02. The van der Waals surface area contributed by atoms with Gasteiger partial charge in [0.1, 0.15) is 23.8 Å². The molecular weight excluding hydrogens is 454 g/mol. The molecule has 1 N–H and O–H groups in total. The van der Waals surface area contributed by atoms with E-state index in [9.17, 15) is 9.59 Å². The van der Waals surface area contributed by atoms with Crippen molar-refractivity contribution < 1.29 is 23.8 Å². The molecule has 3 aromatic rings. The van der Waals surface area contributed by atoms with Gasteiger partial charge in [0.25, 0.3) is 5.91 Å². The van der Waals surface area contributed by atoms with Crippen LogP contribution in [0.2, 0.25) is 0 Å².